The second-order valence-corrected chi connectivity index (χ2v) is 10.3. The molecule has 1 saturated heterocycles. The van der Waals surface area contributed by atoms with E-state index in [0.717, 1.165) is 5.69 Å². The Morgan fingerprint density at radius 3 is 1.89 bits per heavy atom. The normalized spacial score (nSPS) is 15.7. The first kappa shape index (κ1) is 30.9. The number of rotatable bonds is 9. The molecule has 0 bridgehead atoms. The summed E-state index contributed by atoms with van der Waals surface area (Å²) in [6.07, 6.45) is 1.47. The molecule has 0 spiro atoms. The topological polar surface area (TPSA) is 126 Å². The van der Waals surface area contributed by atoms with Crippen LogP contribution in [0.25, 0.3) is 0 Å². The van der Waals surface area contributed by atoms with Crippen molar-refractivity contribution in [3.63, 3.8) is 0 Å². The molecule has 0 radical (unpaired) electrons. The van der Waals surface area contributed by atoms with E-state index in [0.29, 0.717) is 44.1 Å². The number of benzene rings is 4. The number of nitrogens with zero attached hydrogens (tertiary/aromatic N) is 5. The number of esters is 2. The number of ether oxygens (including phenoxy) is 2. The molecule has 0 aromatic heterocycles. The van der Waals surface area contributed by atoms with Crippen LogP contribution in [0.3, 0.4) is 0 Å². The molecule has 10 nitrogen and oxygen atoms in total. The molecule has 1 heterocycles. The third kappa shape index (κ3) is 7.70. The molecule has 1 fully saturated rings. The maximum absolute atomic E-state index is 12.2. The highest BCUT2D eigenvalue weighted by Gasteiger charge is 2.35. The summed E-state index contributed by atoms with van der Waals surface area (Å²) < 4.78 is 10.2. The fourth-order valence-corrected chi connectivity index (χ4v) is 5.08. The van der Waals surface area contributed by atoms with Gasteiger partial charge < -0.3 is 14.6 Å². The Bertz CT molecular complexity index is 1790. The van der Waals surface area contributed by atoms with Crippen molar-refractivity contribution in [2.75, 3.05) is 18.1 Å². The van der Waals surface area contributed by atoms with E-state index in [-0.39, 0.29) is 19.0 Å². The van der Waals surface area contributed by atoms with E-state index >= 15 is 0 Å². The van der Waals surface area contributed by atoms with Gasteiger partial charge in [0.15, 0.2) is 5.84 Å². The highest BCUT2D eigenvalue weighted by molar-refractivity contribution is 8.29. The van der Waals surface area contributed by atoms with Crippen molar-refractivity contribution in [3.05, 3.63) is 120 Å². The van der Waals surface area contributed by atoms with Gasteiger partial charge in [0, 0.05) is 11.3 Å². The minimum absolute atomic E-state index is 0.0856. The van der Waals surface area contributed by atoms with Gasteiger partial charge in [-0.3, -0.25) is 4.90 Å². The standard InChI is InChI=1S/C34H29N5O5S/c1-3-43-32(41)23-14-18-26(19-15-23)36-30-31(37-27-20-16-24(17-21-27)33(42)44-4-2)45-34(39(30)28-11-6-5-7-12-28)38-35-22-25-10-8-9-13-29(25)40/h5-22,40H,3-4H2,1-2H3/b35-22-,36-30?,37-31?,38-34+. The number of phenolic OH excluding ortho intramolecular Hbond substituents is 1. The summed E-state index contributed by atoms with van der Waals surface area (Å²) in [6.45, 7) is 4.07. The minimum Gasteiger partial charge on any atom is -0.507 e. The lowest BCUT2D eigenvalue weighted by atomic mass is 10.2. The van der Waals surface area contributed by atoms with Gasteiger partial charge in [0.1, 0.15) is 10.8 Å². The summed E-state index contributed by atoms with van der Waals surface area (Å²) in [5.74, 6) is -0.264. The Morgan fingerprint density at radius 2 is 1.31 bits per heavy atom. The van der Waals surface area contributed by atoms with E-state index in [9.17, 15) is 14.7 Å². The fourth-order valence-electron chi connectivity index (χ4n) is 4.16. The van der Waals surface area contributed by atoms with Gasteiger partial charge in [-0.15, -0.1) is 5.10 Å². The summed E-state index contributed by atoms with van der Waals surface area (Å²) in [7, 11) is 0. The van der Waals surface area contributed by atoms with Gasteiger partial charge in [0.05, 0.1) is 41.9 Å². The van der Waals surface area contributed by atoms with Crippen molar-refractivity contribution in [1.29, 1.82) is 0 Å². The van der Waals surface area contributed by atoms with Crippen LogP contribution >= 0.6 is 11.8 Å². The quantitative estimate of drug-likeness (QED) is 0.120. The number of hydrogen-bond acceptors (Lipinski definition) is 10. The first-order valence-corrected chi connectivity index (χ1v) is 14.9. The molecule has 0 atom stereocenters. The van der Waals surface area contributed by atoms with Crippen LogP contribution in [-0.2, 0) is 9.47 Å². The lowest BCUT2D eigenvalue weighted by molar-refractivity contribution is 0.0517. The van der Waals surface area contributed by atoms with E-state index in [2.05, 4.69) is 10.2 Å². The van der Waals surface area contributed by atoms with Crippen LogP contribution in [0.5, 0.6) is 5.75 Å². The Balaban J connectivity index is 1.59. The summed E-state index contributed by atoms with van der Waals surface area (Å²) >= 11 is 1.26. The lowest BCUT2D eigenvalue weighted by Crippen LogP contribution is -2.30. The van der Waals surface area contributed by atoms with Gasteiger partial charge in [-0.05, 0) is 98.4 Å². The third-order valence-corrected chi connectivity index (χ3v) is 7.21. The van der Waals surface area contributed by atoms with Gasteiger partial charge in [-0.25, -0.2) is 19.6 Å². The van der Waals surface area contributed by atoms with Gasteiger partial charge in [-0.1, -0.05) is 30.3 Å². The first-order chi connectivity index (χ1) is 22.0. The molecule has 0 aliphatic carbocycles. The van der Waals surface area contributed by atoms with Crippen molar-refractivity contribution in [2.24, 2.45) is 20.2 Å². The molecule has 45 heavy (non-hydrogen) atoms. The van der Waals surface area contributed by atoms with E-state index in [1.54, 1.807) is 86.6 Å². The monoisotopic (exact) mass is 619 g/mol. The van der Waals surface area contributed by atoms with E-state index in [1.165, 1.54) is 18.0 Å². The largest absolute Gasteiger partial charge is 0.507 e. The number of carbonyl (C=O) groups is 2. The summed E-state index contributed by atoms with van der Waals surface area (Å²) in [4.78, 5) is 36.0. The number of para-hydroxylation sites is 2. The predicted octanol–water partition coefficient (Wildman–Crippen LogP) is 7.15. The van der Waals surface area contributed by atoms with Crippen LogP contribution in [0.4, 0.5) is 17.1 Å². The van der Waals surface area contributed by atoms with Gasteiger partial charge >= 0.3 is 11.9 Å². The maximum atomic E-state index is 12.2. The van der Waals surface area contributed by atoms with Gasteiger partial charge in [-0.2, -0.15) is 5.10 Å². The zero-order valence-corrected chi connectivity index (χ0v) is 25.3. The molecule has 4 aromatic rings. The molecule has 0 saturated carbocycles. The van der Waals surface area contributed by atoms with Crippen molar-refractivity contribution in [2.45, 2.75) is 13.8 Å². The van der Waals surface area contributed by atoms with Crippen LogP contribution in [0.1, 0.15) is 40.1 Å². The van der Waals surface area contributed by atoms with Crippen LogP contribution in [0.2, 0.25) is 0 Å². The van der Waals surface area contributed by atoms with Crippen LogP contribution in [0.15, 0.2) is 123 Å². The number of hydrogen-bond donors (Lipinski definition) is 1. The molecule has 11 heteroatoms. The zero-order valence-electron chi connectivity index (χ0n) is 24.5. The Hall–Kier alpha value is -5.55. The maximum Gasteiger partial charge on any atom is 0.338 e. The number of carbonyl (C=O) groups excluding carboxylic acids is 2. The summed E-state index contributed by atoms with van der Waals surface area (Å²) in [5.41, 5.74) is 3.28. The second-order valence-electron chi connectivity index (χ2n) is 9.35. The predicted molar refractivity (Wildman–Crippen MR) is 179 cm³/mol. The Labute approximate surface area is 264 Å². The molecule has 1 aliphatic heterocycles. The molecular formula is C34H29N5O5S. The van der Waals surface area contributed by atoms with Crippen LogP contribution in [-0.4, -0.2) is 52.5 Å². The van der Waals surface area contributed by atoms with E-state index < -0.39 is 11.9 Å². The van der Waals surface area contributed by atoms with Gasteiger partial charge in [0.25, 0.3) is 0 Å². The Kier molecular flexibility index (Phi) is 10.1. The molecule has 1 N–H and O–H groups in total. The third-order valence-electron chi connectivity index (χ3n) is 6.30. The molecular weight excluding hydrogens is 590 g/mol. The average Bonchev–Trinajstić information content (AvgIpc) is 3.39. The first-order valence-electron chi connectivity index (χ1n) is 14.1. The van der Waals surface area contributed by atoms with Crippen molar-refractivity contribution < 1.29 is 24.2 Å². The lowest BCUT2D eigenvalue weighted by Gasteiger charge is -2.17. The zero-order chi connectivity index (χ0) is 31.6. The number of anilines is 1. The highest BCUT2D eigenvalue weighted by Crippen LogP contribution is 2.33. The minimum atomic E-state index is -0.413. The highest BCUT2D eigenvalue weighted by atomic mass is 32.2. The molecule has 0 unspecified atom stereocenters. The van der Waals surface area contributed by atoms with Crippen LogP contribution < -0.4 is 4.90 Å². The molecule has 5 rings (SSSR count). The van der Waals surface area contributed by atoms with Crippen molar-refractivity contribution in [3.8, 4) is 5.75 Å². The molecule has 4 aromatic carbocycles. The summed E-state index contributed by atoms with van der Waals surface area (Å²) in [5, 5.41) is 19.9. The van der Waals surface area contributed by atoms with Crippen molar-refractivity contribution >= 4 is 63.0 Å². The van der Waals surface area contributed by atoms with Crippen molar-refractivity contribution in [1.82, 2.24) is 0 Å². The molecule has 1 aliphatic rings. The van der Waals surface area contributed by atoms with E-state index in [4.69, 9.17) is 19.5 Å². The SMILES string of the molecule is CCOC(=O)c1ccc(N=C2S/C(=N/N=C\c3ccccc3O)N(c3ccccc3)C2=Nc2ccc(C(=O)OCC)cc2)cc1. The van der Waals surface area contributed by atoms with E-state index in [1.807, 2.05) is 35.2 Å². The number of phenols is 1. The Morgan fingerprint density at radius 1 is 0.756 bits per heavy atom. The number of aromatic hydroxyl groups is 1. The summed E-state index contributed by atoms with van der Waals surface area (Å²) in [6, 6.07) is 29.9. The number of thioether (sulfide) groups is 1. The van der Waals surface area contributed by atoms with Gasteiger partial charge in [0.2, 0.25) is 5.17 Å². The smallest absolute Gasteiger partial charge is 0.338 e. The van der Waals surface area contributed by atoms with Crippen LogP contribution in [0, 0.1) is 0 Å². The molecule has 226 valence electrons. The number of aliphatic imine (C=N–C) groups is 2. The fraction of sp³-hybridized carbons (Fsp3) is 0.118. The number of amidine groups is 2. The average molecular weight is 620 g/mol. The molecule has 0 amide bonds. The second kappa shape index (κ2) is 14.8.